The molecule has 0 N–H and O–H groups in total. The molecule has 0 radical (unpaired) electrons. The van der Waals surface area contributed by atoms with Gasteiger partial charge in [0.2, 0.25) is 0 Å². The van der Waals surface area contributed by atoms with Crippen LogP contribution in [-0.2, 0) is 0 Å². The fourth-order valence-electron chi connectivity index (χ4n) is 3.04. The molecule has 0 nitrogen and oxygen atoms in total. The molecule has 0 aliphatic carbocycles. The molecule has 0 spiro atoms. The van der Waals surface area contributed by atoms with Gasteiger partial charge in [0.05, 0.1) is 0 Å². The molecule has 0 heterocycles. The summed E-state index contributed by atoms with van der Waals surface area (Å²) in [5.41, 5.74) is 0. The van der Waals surface area contributed by atoms with Crippen LogP contribution in [0.15, 0.2) is 12.2 Å². The maximum Gasteiger partial charge on any atom is -0.0351 e. The van der Waals surface area contributed by atoms with Gasteiger partial charge in [0.25, 0.3) is 0 Å². The van der Waals surface area contributed by atoms with Gasteiger partial charge in [-0.05, 0) is 19.3 Å². The van der Waals surface area contributed by atoms with Crippen molar-refractivity contribution in [2.45, 2.75) is 129 Å². The van der Waals surface area contributed by atoms with Crippen molar-refractivity contribution >= 4 is 0 Å². The van der Waals surface area contributed by atoms with E-state index < -0.39 is 0 Å². The highest BCUT2D eigenvalue weighted by molar-refractivity contribution is 4.80. The van der Waals surface area contributed by atoms with Gasteiger partial charge in [-0.15, -0.1) is 0 Å². The smallest absolute Gasteiger partial charge is 0.0351 e. The molecular weight excluding hydrogens is 264 g/mol. The zero-order chi connectivity index (χ0) is 16.1. The summed E-state index contributed by atoms with van der Waals surface area (Å²) < 4.78 is 0. The Hall–Kier alpha value is -0.260. The van der Waals surface area contributed by atoms with Crippen LogP contribution in [0, 0.1) is 0 Å². The van der Waals surface area contributed by atoms with Gasteiger partial charge >= 0.3 is 0 Å². The van der Waals surface area contributed by atoms with Gasteiger partial charge in [0.1, 0.15) is 0 Å². The topological polar surface area (TPSA) is 0 Å². The van der Waals surface area contributed by atoms with Crippen LogP contribution in [0.25, 0.3) is 0 Å². The van der Waals surface area contributed by atoms with Crippen LogP contribution >= 0.6 is 0 Å². The highest BCUT2D eigenvalue weighted by Gasteiger charge is 1.94. The van der Waals surface area contributed by atoms with Crippen LogP contribution in [0.1, 0.15) is 129 Å². The van der Waals surface area contributed by atoms with Gasteiger partial charge in [0.15, 0.2) is 0 Å². The van der Waals surface area contributed by atoms with Crippen molar-refractivity contribution in [1.82, 2.24) is 0 Å². The highest BCUT2D eigenvalue weighted by atomic mass is 14.0. The first-order valence-electron chi connectivity index (χ1n) is 10.6. The van der Waals surface area contributed by atoms with E-state index in [1.807, 2.05) is 0 Å². The monoisotopic (exact) mass is 308 g/mol. The highest BCUT2D eigenvalue weighted by Crippen LogP contribution is 2.13. The lowest BCUT2D eigenvalue weighted by Gasteiger charge is -2.03. The predicted octanol–water partition coefficient (Wildman–Crippen LogP) is 8.60. The van der Waals surface area contributed by atoms with Crippen molar-refractivity contribution in [2.24, 2.45) is 0 Å². The summed E-state index contributed by atoms with van der Waals surface area (Å²) in [5.74, 6) is 0. The van der Waals surface area contributed by atoms with Gasteiger partial charge < -0.3 is 0 Å². The Morgan fingerprint density at radius 3 is 1.14 bits per heavy atom. The lowest BCUT2D eigenvalue weighted by Crippen LogP contribution is -1.83. The van der Waals surface area contributed by atoms with Gasteiger partial charge in [0, 0.05) is 0 Å². The second-order valence-electron chi connectivity index (χ2n) is 7.00. The van der Waals surface area contributed by atoms with Gasteiger partial charge in [-0.1, -0.05) is 122 Å². The Morgan fingerprint density at radius 1 is 0.364 bits per heavy atom. The molecule has 0 atom stereocenters. The first-order chi connectivity index (χ1) is 10.9. The zero-order valence-corrected chi connectivity index (χ0v) is 15.9. The average Bonchev–Trinajstić information content (AvgIpc) is 2.54. The molecule has 132 valence electrons. The molecule has 0 aromatic carbocycles. The van der Waals surface area contributed by atoms with Crippen LogP contribution < -0.4 is 0 Å². The summed E-state index contributed by atoms with van der Waals surface area (Å²) in [6, 6.07) is 0. The molecule has 0 bridgehead atoms. The van der Waals surface area contributed by atoms with Crippen molar-refractivity contribution in [3.63, 3.8) is 0 Å². The van der Waals surface area contributed by atoms with E-state index in [9.17, 15) is 0 Å². The van der Waals surface area contributed by atoms with Gasteiger partial charge in [-0.3, -0.25) is 0 Å². The quantitative estimate of drug-likeness (QED) is 0.176. The SMILES string of the molecule is CCC/C=C/CCCCCCCCCCCCCCCCC. The largest absolute Gasteiger partial charge is 0.0885 e. The number of rotatable bonds is 18. The molecule has 0 unspecified atom stereocenters. The Morgan fingerprint density at radius 2 is 0.727 bits per heavy atom. The lowest BCUT2D eigenvalue weighted by atomic mass is 10.0. The Labute approximate surface area is 142 Å². The van der Waals surface area contributed by atoms with Crippen LogP contribution in [0.4, 0.5) is 0 Å². The third-order valence-electron chi connectivity index (χ3n) is 4.60. The first-order valence-corrected chi connectivity index (χ1v) is 10.6. The number of hydrogen-bond acceptors (Lipinski definition) is 0. The fourth-order valence-corrected chi connectivity index (χ4v) is 3.04. The van der Waals surface area contributed by atoms with Gasteiger partial charge in [-0.2, -0.15) is 0 Å². The van der Waals surface area contributed by atoms with E-state index in [0.29, 0.717) is 0 Å². The predicted molar refractivity (Wildman–Crippen MR) is 104 cm³/mol. The second kappa shape index (κ2) is 20.7. The average molecular weight is 309 g/mol. The molecular formula is C22H44. The maximum atomic E-state index is 2.38. The normalized spacial score (nSPS) is 11.5. The van der Waals surface area contributed by atoms with E-state index in [4.69, 9.17) is 0 Å². The van der Waals surface area contributed by atoms with E-state index in [0.717, 1.165) is 0 Å². The summed E-state index contributed by atoms with van der Waals surface area (Å²) in [6.07, 6.45) is 30.5. The molecule has 0 saturated carbocycles. The van der Waals surface area contributed by atoms with E-state index in [2.05, 4.69) is 26.0 Å². The minimum atomic E-state index is 1.26. The molecule has 0 amide bonds. The Bertz CT molecular complexity index is 204. The van der Waals surface area contributed by atoms with Crippen LogP contribution in [0.5, 0.6) is 0 Å². The molecule has 0 rings (SSSR count). The Kier molecular flexibility index (Phi) is 20.5. The van der Waals surface area contributed by atoms with E-state index in [-0.39, 0.29) is 0 Å². The summed E-state index contributed by atoms with van der Waals surface area (Å²) in [4.78, 5) is 0. The van der Waals surface area contributed by atoms with Crippen LogP contribution in [0.3, 0.4) is 0 Å². The van der Waals surface area contributed by atoms with E-state index in [1.54, 1.807) is 0 Å². The number of hydrogen-bond donors (Lipinski definition) is 0. The van der Waals surface area contributed by atoms with Crippen molar-refractivity contribution < 1.29 is 0 Å². The lowest BCUT2D eigenvalue weighted by molar-refractivity contribution is 0.533. The molecule has 0 saturated heterocycles. The second-order valence-corrected chi connectivity index (χ2v) is 7.00. The minimum Gasteiger partial charge on any atom is -0.0885 e. The van der Waals surface area contributed by atoms with Crippen molar-refractivity contribution in [3.05, 3.63) is 12.2 Å². The van der Waals surface area contributed by atoms with Gasteiger partial charge in [-0.25, -0.2) is 0 Å². The molecule has 0 aliphatic rings. The Balaban J connectivity index is 2.97. The zero-order valence-electron chi connectivity index (χ0n) is 15.9. The summed E-state index contributed by atoms with van der Waals surface area (Å²) >= 11 is 0. The van der Waals surface area contributed by atoms with Crippen LogP contribution in [0.2, 0.25) is 0 Å². The summed E-state index contributed by atoms with van der Waals surface area (Å²) in [5, 5.41) is 0. The molecule has 0 aliphatic heterocycles. The van der Waals surface area contributed by atoms with Crippen molar-refractivity contribution in [1.29, 1.82) is 0 Å². The molecule has 0 aromatic rings. The third kappa shape index (κ3) is 19.7. The third-order valence-corrected chi connectivity index (χ3v) is 4.60. The standard InChI is InChI=1S/C22H44/c1-3-5-7-9-11-13-15-17-19-21-22-20-18-16-14-12-10-8-6-4-2/h7,9H,3-6,8,10-22H2,1-2H3/b9-7+. The maximum absolute atomic E-state index is 2.38. The first kappa shape index (κ1) is 21.7. The van der Waals surface area contributed by atoms with Crippen molar-refractivity contribution in [3.8, 4) is 0 Å². The molecule has 0 aromatic heterocycles. The van der Waals surface area contributed by atoms with E-state index >= 15 is 0 Å². The number of unbranched alkanes of at least 4 members (excludes halogenated alkanes) is 16. The number of allylic oxidation sites excluding steroid dienone is 2. The fraction of sp³-hybridized carbons (Fsp3) is 0.909. The minimum absolute atomic E-state index is 1.26. The molecule has 0 heteroatoms. The molecule has 22 heavy (non-hydrogen) atoms. The van der Waals surface area contributed by atoms with Crippen LogP contribution in [-0.4, -0.2) is 0 Å². The summed E-state index contributed by atoms with van der Waals surface area (Å²) in [6.45, 7) is 4.54. The van der Waals surface area contributed by atoms with Crippen molar-refractivity contribution in [2.75, 3.05) is 0 Å². The molecule has 0 fully saturated rings. The van der Waals surface area contributed by atoms with E-state index in [1.165, 1.54) is 116 Å². The summed E-state index contributed by atoms with van der Waals surface area (Å²) in [7, 11) is 0.